The lowest BCUT2D eigenvalue weighted by Gasteiger charge is -2.15. The number of hydrogen-bond donors (Lipinski definition) is 2. The third kappa shape index (κ3) is 2.88. The molecule has 2 aromatic rings. The van der Waals surface area contributed by atoms with Gasteiger partial charge < -0.3 is 20.5 Å². The van der Waals surface area contributed by atoms with Crippen LogP contribution in [-0.2, 0) is 7.05 Å². The summed E-state index contributed by atoms with van der Waals surface area (Å²) in [6.07, 6.45) is 1.69. The molecule has 0 aliphatic rings. The molecule has 0 aliphatic heterocycles. The maximum Gasteiger partial charge on any atom is 0.272 e. The van der Waals surface area contributed by atoms with Crippen LogP contribution in [0, 0.1) is 0 Å². The lowest BCUT2D eigenvalue weighted by molar-refractivity contribution is 0.101. The van der Waals surface area contributed by atoms with Crippen LogP contribution < -0.4 is 16.0 Å². The van der Waals surface area contributed by atoms with Crippen molar-refractivity contribution in [1.82, 2.24) is 4.57 Å². The van der Waals surface area contributed by atoms with E-state index < -0.39 is 0 Å². The standard InChI is InChI=1S/C14H17ClN4O/c1-18(2)12-5-4-10(7-11(12)15)17-14(20)13-6-9(16)8-19(13)3/h4-8H,16H2,1-3H3,(H,17,20). The van der Waals surface area contributed by atoms with Crippen LogP contribution in [0.5, 0.6) is 0 Å². The van der Waals surface area contributed by atoms with Crippen LogP contribution in [0.1, 0.15) is 10.5 Å². The molecule has 0 bridgehead atoms. The molecule has 1 aromatic heterocycles. The van der Waals surface area contributed by atoms with Crippen molar-refractivity contribution in [3.63, 3.8) is 0 Å². The van der Waals surface area contributed by atoms with Crippen molar-refractivity contribution in [2.24, 2.45) is 7.05 Å². The zero-order chi connectivity index (χ0) is 14.9. The first kappa shape index (κ1) is 14.3. The number of rotatable bonds is 3. The van der Waals surface area contributed by atoms with Crippen LogP contribution in [0.15, 0.2) is 30.5 Å². The summed E-state index contributed by atoms with van der Waals surface area (Å²) in [5, 5.41) is 3.38. The molecule has 0 saturated heterocycles. The van der Waals surface area contributed by atoms with Gasteiger partial charge in [0.25, 0.3) is 5.91 Å². The van der Waals surface area contributed by atoms with Gasteiger partial charge in [-0.05, 0) is 24.3 Å². The largest absolute Gasteiger partial charge is 0.397 e. The highest BCUT2D eigenvalue weighted by atomic mass is 35.5. The van der Waals surface area contributed by atoms with Crippen LogP contribution >= 0.6 is 11.6 Å². The average molecular weight is 293 g/mol. The van der Waals surface area contributed by atoms with Gasteiger partial charge in [-0.15, -0.1) is 0 Å². The molecule has 3 N–H and O–H groups in total. The molecule has 6 heteroatoms. The van der Waals surface area contributed by atoms with E-state index >= 15 is 0 Å². The maximum absolute atomic E-state index is 12.1. The Kier molecular flexibility index (Phi) is 3.90. The van der Waals surface area contributed by atoms with Crippen LogP contribution in [0.2, 0.25) is 5.02 Å². The number of amides is 1. The summed E-state index contributed by atoms with van der Waals surface area (Å²) in [5.41, 5.74) is 8.25. The smallest absolute Gasteiger partial charge is 0.272 e. The van der Waals surface area contributed by atoms with Crippen molar-refractivity contribution in [2.75, 3.05) is 30.0 Å². The number of halogens is 1. The molecular formula is C14H17ClN4O. The summed E-state index contributed by atoms with van der Waals surface area (Å²) in [6, 6.07) is 7.02. The first-order chi connectivity index (χ1) is 9.38. The Bertz CT molecular complexity index is 649. The summed E-state index contributed by atoms with van der Waals surface area (Å²) in [6.45, 7) is 0. The van der Waals surface area contributed by atoms with Gasteiger partial charge in [-0.2, -0.15) is 0 Å². The molecule has 1 amide bonds. The fourth-order valence-corrected chi connectivity index (χ4v) is 2.31. The van der Waals surface area contributed by atoms with Crippen LogP contribution in [-0.4, -0.2) is 24.6 Å². The fourth-order valence-electron chi connectivity index (χ4n) is 1.96. The van der Waals surface area contributed by atoms with Crippen molar-refractivity contribution >= 4 is 34.6 Å². The number of nitrogens with two attached hydrogens (primary N) is 1. The van der Waals surface area contributed by atoms with Gasteiger partial charge in [0.15, 0.2) is 0 Å². The zero-order valence-corrected chi connectivity index (χ0v) is 12.4. The Morgan fingerprint density at radius 3 is 2.55 bits per heavy atom. The molecule has 0 spiro atoms. The molecule has 106 valence electrons. The molecular weight excluding hydrogens is 276 g/mol. The second kappa shape index (κ2) is 5.46. The van der Waals surface area contributed by atoms with Crippen LogP contribution in [0.25, 0.3) is 0 Å². The zero-order valence-electron chi connectivity index (χ0n) is 11.6. The third-order valence-corrected chi connectivity index (χ3v) is 3.25. The first-order valence-electron chi connectivity index (χ1n) is 6.08. The van der Waals surface area contributed by atoms with Crippen molar-refractivity contribution in [1.29, 1.82) is 0 Å². The minimum absolute atomic E-state index is 0.224. The van der Waals surface area contributed by atoms with Crippen LogP contribution in [0.3, 0.4) is 0 Å². The Morgan fingerprint density at radius 2 is 2.05 bits per heavy atom. The van der Waals surface area contributed by atoms with Gasteiger partial charge in [-0.3, -0.25) is 4.79 Å². The molecule has 0 atom stereocenters. The number of aromatic nitrogens is 1. The molecule has 20 heavy (non-hydrogen) atoms. The quantitative estimate of drug-likeness (QED) is 0.914. The van der Waals surface area contributed by atoms with E-state index in [2.05, 4.69) is 5.32 Å². The molecule has 0 fully saturated rings. The highest BCUT2D eigenvalue weighted by Crippen LogP contribution is 2.27. The van der Waals surface area contributed by atoms with Crippen molar-refractivity contribution in [2.45, 2.75) is 0 Å². The topological polar surface area (TPSA) is 63.3 Å². The predicted octanol–water partition coefficient (Wildman–Crippen LogP) is 2.58. The molecule has 0 saturated carbocycles. The number of anilines is 3. The molecule has 1 heterocycles. The van der Waals surface area contributed by atoms with E-state index in [1.54, 1.807) is 29.9 Å². The summed E-state index contributed by atoms with van der Waals surface area (Å²) < 4.78 is 1.68. The minimum Gasteiger partial charge on any atom is -0.397 e. The Balaban J connectivity index is 2.20. The molecule has 0 radical (unpaired) electrons. The number of nitrogens with one attached hydrogen (secondary N) is 1. The van der Waals surface area contributed by atoms with Crippen molar-refractivity contribution < 1.29 is 4.79 Å². The number of hydrogen-bond acceptors (Lipinski definition) is 3. The van der Waals surface area contributed by atoms with Crippen molar-refractivity contribution in [3.05, 3.63) is 41.2 Å². The predicted molar refractivity (Wildman–Crippen MR) is 83.6 cm³/mol. The van der Waals surface area contributed by atoms with Gasteiger partial charge in [-0.1, -0.05) is 11.6 Å². The monoisotopic (exact) mass is 292 g/mol. The van der Waals surface area contributed by atoms with E-state index in [-0.39, 0.29) is 5.91 Å². The van der Waals surface area contributed by atoms with Gasteiger partial charge >= 0.3 is 0 Å². The van der Waals surface area contributed by atoms with E-state index in [9.17, 15) is 4.79 Å². The lowest BCUT2D eigenvalue weighted by atomic mass is 10.2. The average Bonchev–Trinajstić information content (AvgIpc) is 2.68. The normalized spacial score (nSPS) is 10.4. The van der Waals surface area contributed by atoms with E-state index in [0.29, 0.717) is 22.1 Å². The maximum atomic E-state index is 12.1. The van der Waals surface area contributed by atoms with E-state index in [1.807, 2.05) is 31.1 Å². The Hall–Kier alpha value is -2.14. The fraction of sp³-hybridized carbons (Fsp3) is 0.214. The van der Waals surface area contributed by atoms with Gasteiger partial charge in [0.1, 0.15) is 5.69 Å². The number of nitrogen functional groups attached to an aromatic ring is 1. The second-order valence-corrected chi connectivity index (χ2v) is 5.19. The summed E-state index contributed by atoms with van der Waals surface area (Å²) in [5.74, 6) is -0.224. The van der Waals surface area contributed by atoms with E-state index in [0.717, 1.165) is 5.69 Å². The van der Waals surface area contributed by atoms with Crippen LogP contribution in [0.4, 0.5) is 17.1 Å². The lowest BCUT2D eigenvalue weighted by Crippen LogP contribution is -2.15. The number of nitrogens with zero attached hydrogens (tertiary/aromatic N) is 2. The highest BCUT2D eigenvalue weighted by Gasteiger charge is 2.12. The summed E-state index contributed by atoms with van der Waals surface area (Å²) in [7, 11) is 5.59. The highest BCUT2D eigenvalue weighted by molar-refractivity contribution is 6.33. The van der Waals surface area contributed by atoms with Gasteiger partial charge in [0.05, 0.1) is 16.4 Å². The Morgan fingerprint density at radius 1 is 1.35 bits per heavy atom. The SMILES string of the molecule is CN(C)c1ccc(NC(=O)c2cc(N)cn2C)cc1Cl. The minimum atomic E-state index is -0.224. The first-order valence-corrected chi connectivity index (χ1v) is 6.46. The number of aryl methyl sites for hydroxylation is 1. The third-order valence-electron chi connectivity index (χ3n) is 2.95. The number of carbonyl (C=O) groups excluding carboxylic acids is 1. The van der Waals surface area contributed by atoms with Gasteiger partial charge in [-0.25, -0.2) is 0 Å². The Labute approximate surface area is 122 Å². The summed E-state index contributed by atoms with van der Waals surface area (Å²) >= 11 is 6.17. The van der Waals surface area contributed by atoms with Gasteiger partial charge in [0.2, 0.25) is 0 Å². The molecule has 0 aliphatic carbocycles. The van der Waals surface area contributed by atoms with E-state index in [1.165, 1.54) is 0 Å². The second-order valence-electron chi connectivity index (χ2n) is 4.78. The molecule has 5 nitrogen and oxygen atoms in total. The molecule has 2 rings (SSSR count). The number of benzene rings is 1. The summed E-state index contributed by atoms with van der Waals surface area (Å²) in [4.78, 5) is 14.0. The molecule has 0 unspecified atom stereocenters. The van der Waals surface area contributed by atoms with Crippen molar-refractivity contribution in [3.8, 4) is 0 Å². The number of carbonyl (C=O) groups is 1. The molecule has 1 aromatic carbocycles. The van der Waals surface area contributed by atoms with E-state index in [4.69, 9.17) is 17.3 Å². The van der Waals surface area contributed by atoms with Gasteiger partial charge in [0, 0.05) is 33.0 Å².